The highest BCUT2D eigenvalue weighted by Gasteiger charge is 2.81. The van der Waals surface area contributed by atoms with E-state index in [0.29, 0.717) is 69.7 Å². The minimum atomic E-state index is -4.18. The summed E-state index contributed by atoms with van der Waals surface area (Å²) < 4.78 is 99.4. The third kappa shape index (κ3) is 21.0. The van der Waals surface area contributed by atoms with Crippen molar-refractivity contribution in [1.29, 1.82) is 0 Å². The van der Waals surface area contributed by atoms with Crippen LogP contribution in [0.1, 0.15) is 291 Å². The molecule has 0 aromatic heterocycles. The average Bonchev–Trinajstić information content (AvgIpc) is 0.668. The van der Waals surface area contributed by atoms with Gasteiger partial charge in [0.25, 0.3) is 0 Å². The molecule has 800 valence electrons. The Morgan fingerprint density at radius 2 is 0.738 bits per heavy atom. The molecule has 8 aliphatic rings. The number of amides is 2. The monoisotopic (exact) mass is 2080 g/mol. The lowest BCUT2D eigenvalue weighted by atomic mass is 9.43. The zero-order chi connectivity index (χ0) is 108. The Morgan fingerprint density at radius 1 is 0.448 bits per heavy atom. The van der Waals surface area contributed by atoms with Crippen molar-refractivity contribution in [2.45, 2.75) is 418 Å². The van der Waals surface area contributed by atoms with Crippen LogP contribution in [0.25, 0.3) is 0 Å². The Morgan fingerprint density at radius 3 is 0.993 bits per heavy atom. The lowest BCUT2D eigenvalue weighted by molar-refractivity contribution is -0.344. The number of carbonyl (C=O) groups excluding carboxylic acids is 10. The Hall–Kier alpha value is -8.39. The molecule has 6 aliphatic carbocycles. The van der Waals surface area contributed by atoms with Crippen LogP contribution < -0.4 is 10.6 Å². The van der Waals surface area contributed by atoms with E-state index < -0.39 is 268 Å². The summed E-state index contributed by atoms with van der Waals surface area (Å²) in [6, 6.07) is 35.2. The second-order valence-electron chi connectivity index (χ2n) is 47.3. The molecule has 4 aromatic rings. The number of fused-ring (bicyclic) bond motifs is 10. The maximum absolute atomic E-state index is 17.6. The molecule has 2 aliphatic heterocycles. The number of nitrogens with one attached hydrogen (secondary N) is 2. The van der Waals surface area contributed by atoms with Gasteiger partial charge in [-0.2, -0.15) is 0 Å². The van der Waals surface area contributed by atoms with Gasteiger partial charge in [-0.25, -0.2) is 28.8 Å². The van der Waals surface area contributed by atoms with Gasteiger partial charge >= 0.3 is 48.0 Å². The van der Waals surface area contributed by atoms with E-state index in [2.05, 4.69) is 52.2 Å². The molecule has 2 heterocycles. The van der Waals surface area contributed by atoms with Crippen LogP contribution in [0, 0.1) is 45.3 Å². The van der Waals surface area contributed by atoms with Crippen molar-refractivity contribution >= 4 is 92.8 Å². The molecule has 4 N–H and O–H groups in total. The van der Waals surface area contributed by atoms with Gasteiger partial charge in [-0.1, -0.05) is 236 Å². The summed E-state index contributed by atoms with van der Waals surface area (Å²) in [4.78, 5) is 160. The van der Waals surface area contributed by atoms with E-state index in [4.69, 9.17) is 65.1 Å². The fourth-order valence-electron chi connectivity index (χ4n) is 26.9. The summed E-state index contributed by atoms with van der Waals surface area (Å²) in [6.45, 7) is 58.7. The summed E-state index contributed by atoms with van der Waals surface area (Å²) in [6.07, 6.45) is -16.7. The summed E-state index contributed by atoms with van der Waals surface area (Å²) in [5.74, 6) is -11.0. The van der Waals surface area contributed by atoms with Crippen molar-refractivity contribution < 1.29 is 123 Å². The SMILES string of the molecule is CC[Si](CC)(CC)O[C@H]1C[C@H]2OC[C@@]2(OC(C)=O)C2[C@H](OC(=O)c3ccccc3)[C@]3(O)C[C@H](OC(=O)[C@H](O[Si](C[Si](O[C@@H](C(=O)O[C@H]4C[C@@]5(O)[C@@H](OC(=O)c6ccccc6)C6[C@](C)(C(=O)[C@H](C)C(=C4C)C5(C)C)[C@@H](O[Si](CC)(CC)CC)C[C@H]4OC[C@@]64OC(C)=O)[C@@H](NC(=O)OC(C)(C)C)c4ccccc4)(C(C)C)C(C)C)(C(C)C)C(C)C)[C@@H](NC(=O)OC(C)(C)C)c4ccccc4)C(C)=C([C@@H](C)C(=O)[C@@]21C)C3(C)C. The molecule has 0 spiro atoms. The van der Waals surface area contributed by atoms with Gasteiger partial charge in [0.2, 0.25) is 0 Å². The summed E-state index contributed by atoms with van der Waals surface area (Å²) in [5.41, 5.74) is -16.5. The van der Waals surface area contributed by atoms with E-state index in [1.807, 2.05) is 55.4 Å². The van der Waals surface area contributed by atoms with Crippen LogP contribution in [0.3, 0.4) is 0 Å². The van der Waals surface area contributed by atoms with Crippen molar-refractivity contribution in [3.63, 3.8) is 0 Å². The van der Waals surface area contributed by atoms with Crippen LogP contribution in [0.15, 0.2) is 144 Å². The second-order valence-corrected chi connectivity index (χ2v) is 67.1. The fraction of sp³-hybridized carbons (Fsp3) is 0.664. The van der Waals surface area contributed by atoms with Crippen LogP contribution in [-0.2, 0) is 93.8 Å². The number of ketones is 2. The quantitative estimate of drug-likeness (QED) is 0.0142. The van der Waals surface area contributed by atoms with Gasteiger partial charge in [0.1, 0.15) is 70.6 Å². The van der Waals surface area contributed by atoms with E-state index in [1.54, 1.807) is 232 Å². The van der Waals surface area contributed by atoms with Gasteiger partial charge in [0.05, 0.1) is 71.3 Å². The standard InChI is InChI=1S/C113H166N2O26Si4/c1-33-142(34-2,35-3)138-82-59-84-110(63-128-84,134-74(19)116)92-96(132-98(120)78-55-47-41-48-56-78)112(126)61-80(70(15)86(106(112,27)28)72(17)94(118)108(82,92)31)130-100(122)90(88(76-51-43-39-44-52-76)114-102(124)136-104(21,22)23)140-144(66(7)8,67(9)10)65-145(68(11)12,69(13)14)141-91(89(77-53-45-40-46-54-77)115-103(125)137-105(24,25)26)101(123)131-81-62-113(127)97(133-99(121)79-57-49-42-50-58-79)93-109(32,95(119)73(18)87(71(81)16)107(113,29)30)83(139-143(36-4,37-5)38-6)60-85-111(93,64-129-85)135-75(20)117/h39-58,66-69,72-73,80-85,88-93,96-97,126-127H,33-38,59-65H2,1-32H3,(H,114,124)(H,115,125)/t72-,73-,80+,81+,82+,83+,84-,85-,88+,89+,90-,91-,92?,93?,96+,97+,108-,109-,110+,111+,112-,113-/m1/s1. The highest BCUT2D eigenvalue weighted by molar-refractivity contribution is 6.94. The van der Waals surface area contributed by atoms with Crippen molar-refractivity contribution in [2.24, 2.45) is 45.3 Å². The van der Waals surface area contributed by atoms with Crippen LogP contribution in [0.4, 0.5) is 9.59 Å². The maximum atomic E-state index is 17.6. The van der Waals surface area contributed by atoms with Gasteiger partial charge in [0, 0.05) is 62.2 Å². The number of aliphatic hydroxyl groups is 2. The smallest absolute Gasteiger partial charge is 0.408 e. The van der Waals surface area contributed by atoms with Crippen molar-refractivity contribution in [3.8, 4) is 0 Å². The van der Waals surface area contributed by atoms with Gasteiger partial charge in [0.15, 0.2) is 56.7 Å². The number of ether oxygens (including phenoxy) is 10. The van der Waals surface area contributed by atoms with E-state index in [9.17, 15) is 9.59 Å². The lowest BCUT2D eigenvalue weighted by Crippen LogP contribution is -2.82. The molecular weight excluding hydrogens is 1910 g/mol. The number of hydrogen-bond acceptors (Lipinski definition) is 26. The second kappa shape index (κ2) is 43.2. The predicted octanol–water partition coefficient (Wildman–Crippen LogP) is 21.3. The molecule has 12 rings (SSSR count). The zero-order valence-corrected chi connectivity index (χ0v) is 96.0. The molecule has 4 bridgehead atoms. The minimum absolute atomic E-state index is 0.0409. The van der Waals surface area contributed by atoms with Gasteiger partial charge in [-0.05, 0) is 191 Å². The Kier molecular flexibility index (Phi) is 34.3. The molecule has 28 nitrogen and oxygen atoms in total. The number of rotatable bonds is 36. The molecule has 6 fully saturated rings. The molecule has 2 saturated heterocycles. The fourth-order valence-corrected chi connectivity index (χ4v) is 48.6. The summed E-state index contributed by atoms with van der Waals surface area (Å²) in [5, 5.41) is 36.6. The number of alkyl carbamates (subject to hydrolysis) is 2. The third-order valence-electron chi connectivity index (χ3n) is 35.4. The normalized spacial score (nSPS) is 30.1. The Bertz CT molecular complexity index is 5080. The highest BCUT2D eigenvalue weighted by Crippen LogP contribution is 2.69. The molecule has 32 heteroatoms. The average molecular weight is 2080 g/mol. The third-order valence-corrected chi connectivity index (χ3v) is 58.4. The predicted molar refractivity (Wildman–Crippen MR) is 560 cm³/mol. The van der Waals surface area contributed by atoms with Crippen molar-refractivity contribution in [3.05, 3.63) is 166 Å². The first-order valence-corrected chi connectivity index (χ1v) is 62.5. The first kappa shape index (κ1) is 115. The topological polar surface area (TPSA) is 364 Å². The Labute approximate surface area is 864 Å². The minimum Gasteiger partial charge on any atom is -0.456 e. The molecule has 2 unspecified atom stereocenters. The van der Waals surface area contributed by atoms with Crippen molar-refractivity contribution in [2.75, 3.05) is 13.2 Å². The largest absolute Gasteiger partial charge is 0.456 e. The van der Waals surface area contributed by atoms with Crippen LogP contribution >= 0.6 is 0 Å². The molecule has 4 aromatic carbocycles. The summed E-state index contributed by atoms with van der Waals surface area (Å²) in [7, 11) is -13.8. The number of hydrogen-bond donors (Lipinski definition) is 4. The maximum Gasteiger partial charge on any atom is 0.408 e. The van der Waals surface area contributed by atoms with E-state index >= 15 is 48.6 Å². The molecule has 0 radical (unpaired) electrons. The molecular formula is C113H166N2O26Si4. The molecule has 22 atom stereocenters. The molecule has 4 saturated carbocycles. The van der Waals surface area contributed by atoms with E-state index in [-0.39, 0.29) is 54.4 Å². The van der Waals surface area contributed by atoms with Crippen LogP contribution in [0.5, 0.6) is 0 Å². The number of Topliss-reactive ketones (excluding diaryl/α,β-unsaturated/α-hetero) is 2. The van der Waals surface area contributed by atoms with Crippen LogP contribution in [0.2, 0.25) is 64.1 Å². The molecule has 2 amide bonds. The first-order chi connectivity index (χ1) is 67.6. The van der Waals surface area contributed by atoms with Gasteiger partial charge in [-0.15, -0.1) is 0 Å². The van der Waals surface area contributed by atoms with Gasteiger partial charge < -0.3 is 85.9 Å². The van der Waals surface area contributed by atoms with Crippen molar-refractivity contribution in [1.82, 2.24) is 10.6 Å². The zero-order valence-electron chi connectivity index (χ0n) is 92.0. The molecule has 145 heavy (non-hydrogen) atoms. The number of benzene rings is 4. The number of carbonyl (C=O) groups is 10. The number of esters is 6. The highest BCUT2D eigenvalue weighted by atomic mass is 28.4. The summed E-state index contributed by atoms with van der Waals surface area (Å²) >= 11 is 0. The van der Waals surface area contributed by atoms with E-state index in [1.165, 1.54) is 13.8 Å². The Balaban J connectivity index is 1.06. The first-order valence-electron chi connectivity index (χ1n) is 52.9. The lowest BCUT2D eigenvalue weighted by Gasteiger charge is -2.68. The van der Waals surface area contributed by atoms with Crippen LogP contribution in [-0.4, -0.2) is 211 Å². The van der Waals surface area contributed by atoms with E-state index in [0.717, 1.165) is 0 Å². The van der Waals surface area contributed by atoms with Gasteiger partial charge in [-0.3, -0.25) is 19.2 Å².